The molecule has 0 radical (unpaired) electrons. The maximum absolute atomic E-state index is 12.5. The van der Waals surface area contributed by atoms with Gasteiger partial charge in [-0.2, -0.15) is 0 Å². The number of furan rings is 1. The third-order valence-corrected chi connectivity index (χ3v) is 5.09. The summed E-state index contributed by atoms with van der Waals surface area (Å²) in [7, 11) is 1.81. The van der Waals surface area contributed by atoms with Gasteiger partial charge in [0.25, 0.3) is 0 Å². The van der Waals surface area contributed by atoms with Crippen molar-refractivity contribution in [2.75, 3.05) is 33.3 Å². The lowest BCUT2D eigenvalue weighted by molar-refractivity contribution is -0.134. The molecule has 1 fully saturated rings. The number of amides is 1. The lowest BCUT2D eigenvalue weighted by Crippen LogP contribution is -2.44. The number of rotatable bonds is 5. The number of carbonyl (C=O) groups excluding carboxylic acids is 1. The summed E-state index contributed by atoms with van der Waals surface area (Å²) in [6.07, 6.45) is -0.0386. The van der Waals surface area contributed by atoms with Crippen molar-refractivity contribution in [1.29, 1.82) is 0 Å². The van der Waals surface area contributed by atoms with Crippen molar-refractivity contribution >= 4 is 17.2 Å². The molecule has 0 bridgehead atoms. The number of carbonyl (C=O) groups is 1. The molecule has 1 amide bonds. The molecule has 0 unspecified atom stereocenters. The smallest absolute Gasteiger partial charge is 0.236 e. The number of morpholine rings is 1. The number of ether oxygens (including phenoxy) is 1. The second-order valence-corrected chi connectivity index (χ2v) is 7.07. The molecule has 0 aliphatic carbocycles. The summed E-state index contributed by atoms with van der Waals surface area (Å²) >= 11 is 1.62. The summed E-state index contributed by atoms with van der Waals surface area (Å²) in [5, 5.41) is 3.02. The van der Waals surface area contributed by atoms with Crippen molar-refractivity contribution in [3.8, 4) is 0 Å². The fourth-order valence-electron chi connectivity index (χ4n) is 2.72. The van der Waals surface area contributed by atoms with Gasteiger partial charge in [0.1, 0.15) is 22.6 Å². The number of aromatic nitrogens is 1. The molecule has 0 N–H and O–H groups in total. The Morgan fingerprint density at radius 2 is 2.29 bits per heavy atom. The van der Waals surface area contributed by atoms with Gasteiger partial charge in [0.15, 0.2) is 0 Å². The van der Waals surface area contributed by atoms with Gasteiger partial charge in [-0.05, 0) is 26.0 Å². The predicted octanol–water partition coefficient (Wildman–Crippen LogP) is 2.38. The van der Waals surface area contributed by atoms with Crippen LogP contribution in [0.1, 0.15) is 28.3 Å². The van der Waals surface area contributed by atoms with Crippen molar-refractivity contribution in [3.63, 3.8) is 0 Å². The number of aryl methyl sites for hydroxylation is 2. The number of nitrogens with zero attached hydrogens (tertiary/aromatic N) is 3. The van der Waals surface area contributed by atoms with Gasteiger partial charge < -0.3 is 14.1 Å². The molecular formula is C17H23N3O3S. The second-order valence-electron chi connectivity index (χ2n) is 6.18. The molecule has 2 aromatic rings. The van der Waals surface area contributed by atoms with E-state index in [4.69, 9.17) is 9.15 Å². The average Bonchev–Trinajstić information content (AvgIpc) is 3.16. The Kier molecular flexibility index (Phi) is 5.33. The van der Waals surface area contributed by atoms with E-state index in [1.165, 1.54) is 0 Å². The quantitative estimate of drug-likeness (QED) is 0.829. The van der Waals surface area contributed by atoms with Gasteiger partial charge in [-0.3, -0.25) is 9.69 Å². The summed E-state index contributed by atoms with van der Waals surface area (Å²) in [5.74, 6) is 1.75. The Morgan fingerprint density at radius 3 is 2.96 bits per heavy atom. The highest BCUT2D eigenvalue weighted by molar-refractivity contribution is 7.09. The summed E-state index contributed by atoms with van der Waals surface area (Å²) in [5.41, 5.74) is 1.01. The van der Waals surface area contributed by atoms with Crippen LogP contribution in [0.15, 0.2) is 21.9 Å². The van der Waals surface area contributed by atoms with Gasteiger partial charge in [0.2, 0.25) is 5.91 Å². The van der Waals surface area contributed by atoms with Gasteiger partial charge in [0.05, 0.1) is 19.7 Å². The summed E-state index contributed by atoms with van der Waals surface area (Å²) < 4.78 is 11.4. The van der Waals surface area contributed by atoms with E-state index in [0.29, 0.717) is 26.2 Å². The van der Waals surface area contributed by atoms with Crippen LogP contribution in [0.4, 0.5) is 0 Å². The van der Waals surface area contributed by atoms with Crippen molar-refractivity contribution in [3.05, 3.63) is 39.7 Å². The minimum Gasteiger partial charge on any atom is -0.464 e. The highest BCUT2D eigenvalue weighted by Crippen LogP contribution is 2.25. The van der Waals surface area contributed by atoms with Crippen LogP contribution in [0.2, 0.25) is 0 Å². The molecule has 3 heterocycles. The predicted molar refractivity (Wildman–Crippen MR) is 91.9 cm³/mol. The van der Waals surface area contributed by atoms with Gasteiger partial charge in [-0.15, -0.1) is 11.3 Å². The number of hydrogen-bond donors (Lipinski definition) is 0. The summed E-state index contributed by atoms with van der Waals surface area (Å²) in [6, 6.07) is 3.82. The lowest BCUT2D eigenvalue weighted by atomic mass is 10.2. The van der Waals surface area contributed by atoms with Crippen LogP contribution in [0.3, 0.4) is 0 Å². The Morgan fingerprint density at radius 1 is 1.46 bits per heavy atom. The largest absolute Gasteiger partial charge is 0.464 e. The van der Waals surface area contributed by atoms with Crippen LogP contribution >= 0.6 is 11.3 Å². The Bertz CT molecular complexity index is 697. The normalized spacial score (nSPS) is 18.7. The first-order chi connectivity index (χ1) is 11.5. The van der Waals surface area contributed by atoms with Crippen LogP contribution in [0.25, 0.3) is 0 Å². The standard InChI is InChI=1S/C17H23N3O3S/c1-12-11-24-17(18-12)15-9-20(6-7-22-15)10-16(21)19(3)8-14-5-4-13(2)23-14/h4-5,11,15H,6-10H2,1-3H3/t15-/m1/s1. The van der Waals surface area contributed by atoms with Crippen LogP contribution in [-0.4, -0.2) is 54.0 Å². The first-order valence-corrected chi connectivity index (χ1v) is 8.94. The zero-order chi connectivity index (χ0) is 17.1. The Balaban J connectivity index is 1.53. The van der Waals surface area contributed by atoms with Crippen molar-refractivity contribution in [2.45, 2.75) is 26.5 Å². The Hall–Kier alpha value is -1.70. The van der Waals surface area contributed by atoms with Crippen LogP contribution in [0, 0.1) is 13.8 Å². The molecular weight excluding hydrogens is 326 g/mol. The molecule has 24 heavy (non-hydrogen) atoms. The number of likely N-dealkylation sites (N-methyl/N-ethyl adjacent to an activating group) is 1. The van der Waals surface area contributed by atoms with Gasteiger partial charge in [-0.1, -0.05) is 0 Å². The van der Waals surface area contributed by atoms with Gasteiger partial charge >= 0.3 is 0 Å². The van der Waals surface area contributed by atoms with Crippen molar-refractivity contribution in [2.24, 2.45) is 0 Å². The van der Waals surface area contributed by atoms with E-state index < -0.39 is 0 Å². The van der Waals surface area contributed by atoms with E-state index in [1.807, 2.05) is 38.4 Å². The zero-order valence-corrected chi connectivity index (χ0v) is 15.1. The fraction of sp³-hybridized carbons (Fsp3) is 0.529. The number of thiazole rings is 1. The zero-order valence-electron chi connectivity index (χ0n) is 14.3. The molecule has 1 aliphatic heterocycles. The number of hydrogen-bond acceptors (Lipinski definition) is 6. The minimum atomic E-state index is -0.0386. The lowest BCUT2D eigenvalue weighted by Gasteiger charge is -2.32. The van der Waals surface area contributed by atoms with E-state index in [0.717, 1.165) is 28.8 Å². The van der Waals surface area contributed by atoms with E-state index in [1.54, 1.807) is 16.2 Å². The maximum Gasteiger partial charge on any atom is 0.236 e. The highest BCUT2D eigenvalue weighted by atomic mass is 32.1. The average molecular weight is 349 g/mol. The SMILES string of the molecule is Cc1csc([C@H]2CN(CC(=O)N(C)Cc3ccc(C)o3)CCO2)n1. The third-order valence-electron chi connectivity index (χ3n) is 4.04. The molecule has 7 heteroatoms. The van der Waals surface area contributed by atoms with Crippen LogP contribution in [0.5, 0.6) is 0 Å². The van der Waals surface area contributed by atoms with Gasteiger partial charge in [0, 0.05) is 31.2 Å². The molecule has 1 saturated heterocycles. The molecule has 6 nitrogen and oxygen atoms in total. The molecule has 130 valence electrons. The maximum atomic E-state index is 12.5. The molecule has 0 saturated carbocycles. The molecule has 1 atom stereocenters. The van der Waals surface area contributed by atoms with Crippen LogP contribution < -0.4 is 0 Å². The highest BCUT2D eigenvalue weighted by Gasteiger charge is 2.26. The Labute approximate surface area is 146 Å². The fourth-order valence-corrected chi connectivity index (χ4v) is 3.55. The molecule has 3 rings (SSSR count). The molecule has 2 aromatic heterocycles. The van der Waals surface area contributed by atoms with Gasteiger partial charge in [-0.25, -0.2) is 4.98 Å². The molecule has 1 aliphatic rings. The monoisotopic (exact) mass is 349 g/mol. The first-order valence-electron chi connectivity index (χ1n) is 8.06. The summed E-state index contributed by atoms with van der Waals surface area (Å²) in [6.45, 7) is 6.85. The van der Waals surface area contributed by atoms with E-state index in [2.05, 4.69) is 9.88 Å². The third kappa shape index (κ3) is 4.23. The van der Waals surface area contributed by atoms with E-state index >= 15 is 0 Å². The van der Waals surface area contributed by atoms with Crippen LogP contribution in [-0.2, 0) is 16.1 Å². The molecule has 0 aromatic carbocycles. The minimum absolute atomic E-state index is 0.0386. The van der Waals surface area contributed by atoms with Crippen molar-refractivity contribution < 1.29 is 13.9 Å². The second kappa shape index (κ2) is 7.46. The van der Waals surface area contributed by atoms with Crippen molar-refractivity contribution in [1.82, 2.24) is 14.8 Å². The summed E-state index contributed by atoms with van der Waals surface area (Å²) in [4.78, 5) is 20.8. The van der Waals surface area contributed by atoms with E-state index in [9.17, 15) is 4.79 Å². The first kappa shape index (κ1) is 17.1. The van der Waals surface area contributed by atoms with E-state index in [-0.39, 0.29) is 12.0 Å². The molecule has 0 spiro atoms. The topological polar surface area (TPSA) is 58.8 Å².